The highest BCUT2D eigenvalue weighted by molar-refractivity contribution is 5.67. The number of amides is 1. The lowest BCUT2D eigenvalue weighted by molar-refractivity contribution is 0.0806. The Morgan fingerprint density at radius 2 is 2.00 bits per heavy atom. The highest BCUT2D eigenvalue weighted by Crippen LogP contribution is 2.16. The van der Waals surface area contributed by atoms with Crippen molar-refractivity contribution in [1.82, 2.24) is 9.80 Å². The first-order valence-corrected chi connectivity index (χ1v) is 6.81. The van der Waals surface area contributed by atoms with Crippen LogP contribution in [0.2, 0.25) is 0 Å². The third kappa shape index (κ3) is 4.54. The number of likely N-dealkylation sites (tertiary alicyclic amines) is 1. The zero-order valence-electron chi connectivity index (χ0n) is 11.4. The van der Waals surface area contributed by atoms with Gasteiger partial charge in [-0.3, -0.25) is 0 Å². The van der Waals surface area contributed by atoms with Crippen molar-refractivity contribution in [3.8, 4) is 0 Å². The van der Waals surface area contributed by atoms with Gasteiger partial charge in [0.2, 0.25) is 0 Å². The summed E-state index contributed by atoms with van der Waals surface area (Å²) in [7, 11) is 2.19. The zero-order chi connectivity index (χ0) is 12.7. The van der Waals surface area contributed by atoms with Crippen LogP contribution in [0.1, 0.15) is 39.5 Å². The van der Waals surface area contributed by atoms with Crippen molar-refractivity contribution in [1.29, 1.82) is 0 Å². The summed E-state index contributed by atoms with van der Waals surface area (Å²) >= 11 is 0. The maximum atomic E-state index is 11.5. The molecule has 1 amide bonds. The van der Waals surface area contributed by atoms with E-state index < -0.39 is 0 Å². The molecule has 4 nitrogen and oxygen atoms in total. The van der Waals surface area contributed by atoms with Crippen LogP contribution in [0, 0.1) is 0 Å². The quantitative estimate of drug-likeness (QED) is 0.742. The smallest absolute Gasteiger partial charge is 0.409 e. The molecule has 0 radical (unpaired) electrons. The molecule has 0 unspecified atom stereocenters. The number of rotatable bonds is 5. The zero-order valence-corrected chi connectivity index (χ0v) is 11.4. The Bertz CT molecular complexity index is 225. The summed E-state index contributed by atoms with van der Waals surface area (Å²) in [6, 6.07) is 0.632. The molecule has 4 heteroatoms. The average molecular weight is 242 g/mol. The van der Waals surface area contributed by atoms with E-state index in [0.29, 0.717) is 12.6 Å². The number of piperidine rings is 1. The summed E-state index contributed by atoms with van der Waals surface area (Å²) in [6.45, 7) is 7.37. The van der Waals surface area contributed by atoms with Gasteiger partial charge in [-0.1, -0.05) is 13.3 Å². The molecule has 0 aliphatic carbocycles. The first-order chi connectivity index (χ1) is 8.19. The van der Waals surface area contributed by atoms with E-state index in [-0.39, 0.29) is 6.09 Å². The van der Waals surface area contributed by atoms with Crippen molar-refractivity contribution in [3.63, 3.8) is 0 Å². The van der Waals surface area contributed by atoms with E-state index in [4.69, 9.17) is 4.74 Å². The van der Waals surface area contributed by atoms with Crippen LogP contribution in [0.5, 0.6) is 0 Å². The van der Waals surface area contributed by atoms with E-state index in [0.717, 1.165) is 25.9 Å². The SMILES string of the molecule is CCCCN(C)C1CCN(C(=O)OCC)CC1. The number of hydrogen-bond acceptors (Lipinski definition) is 3. The molecule has 1 saturated heterocycles. The van der Waals surface area contributed by atoms with Crippen LogP contribution in [0.4, 0.5) is 4.79 Å². The van der Waals surface area contributed by atoms with Crippen LogP contribution in [-0.4, -0.2) is 55.2 Å². The largest absolute Gasteiger partial charge is 0.450 e. The lowest BCUT2D eigenvalue weighted by atomic mass is 10.0. The van der Waals surface area contributed by atoms with Gasteiger partial charge < -0.3 is 14.5 Å². The van der Waals surface area contributed by atoms with Crippen LogP contribution in [0.25, 0.3) is 0 Å². The van der Waals surface area contributed by atoms with Crippen LogP contribution >= 0.6 is 0 Å². The Balaban J connectivity index is 2.27. The van der Waals surface area contributed by atoms with Gasteiger partial charge in [0.05, 0.1) is 6.61 Å². The van der Waals surface area contributed by atoms with Gasteiger partial charge in [0.25, 0.3) is 0 Å². The first kappa shape index (κ1) is 14.3. The molecule has 0 spiro atoms. The van der Waals surface area contributed by atoms with E-state index in [9.17, 15) is 4.79 Å². The molecule has 1 aliphatic heterocycles. The minimum Gasteiger partial charge on any atom is -0.450 e. The van der Waals surface area contributed by atoms with Gasteiger partial charge in [0, 0.05) is 19.1 Å². The van der Waals surface area contributed by atoms with E-state index in [1.807, 2.05) is 11.8 Å². The Morgan fingerprint density at radius 3 is 2.53 bits per heavy atom. The third-order valence-electron chi connectivity index (χ3n) is 3.48. The molecule has 1 fully saturated rings. The van der Waals surface area contributed by atoms with Crippen LogP contribution in [0.15, 0.2) is 0 Å². The molecule has 0 N–H and O–H groups in total. The van der Waals surface area contributed by atoms with Crippen molar-refractivity contribution in [2.45, 2.75) is 45.6 Å². The average Bonchev–Trinajstić information content (AvgIpc) is 2.36. The Labute approximate surface area is 105 Å². The maximum absolute atomic E-state index is 11.5. The van der Waals surface area contributed by atoms with E-state index in [1.165, 1.54) is 19.4 Å². The number of nitrogens with zero attached hydrogens (tertiary/aromatic N) is 2. The molecule has 0 aromatic carbocycles. The summed E-state index contributed by atoms with van der Waals surface area (Å²) < 4.78 is 5.02. The van der Waals surface area contributed by atoms with Gasteiger partial charge in [-0.2, -0.15) is 0 Å². The van der Waals surface area contributed by atoms with Crippen molar-refractivity contribution >= 4 is 6.09 Å². The molecule has 100 valence electrons. The molecule has 0 bridgehead atoms. The summed E-state index contributed by atoms with van der Waals surface area (Å²) in [6.07, 6.45) is 4.49. The minimum atomic E-state index is -0.151. The summed E-state index contributed by atoms with van der Waals surface area (Å²) in [5.74, 6) is 0. The second-order valence-electron chi connectivity index (χ2n) is 4.75. The highest BCUT2D eigenvalue weighted by Gasteiger charge is 2.25. The van der Waals surface area contributed by atoms with Gasteiger partial charge in [-0.25, -0.2) is 4.79 Å². The molecular weight excluding hydrogens is 216 g/mol. The number of ether oxygens (including phenoxy) is 1. The fourth-order valence-corrected chi connectivity index (χ4v) is 2.29. The van der Waals surface area contributed by atoms with Gasteiger partial charge in [0.1, 0.15) is 0 Å². The number of hydrogen-bond donors (Lipinski definition) is 0. The molecule has 1 aliphatic rings. The fourth-order valence-electron chi connectivity index (χ4n) is 2.29. The van der Waals surface area contributed by atoms with E-state index >= 15 is 0 Å². The molecule has 17 heavy (non-hydrogen) atoms. The molecule has 0 aromatic rings. The topological polar surface area (TPSA) is 32.8 Å². The van der Waals surface area contributed by atoms with Crippen LogP contribution in [0.3, 0.4) is 0 Å². The van der Waals surface area contributed by atoms with E-state index in [2.05, 4.69) is 18.9 Å². The molecule has 1 heterocycles. The Morgan fingerprint density at radius 1 is 1.35 bits per heavy atom. The molecule has 0 atom stereocenters. The summed E-state index contributed by atoms with van der Waals surface area (Å²) in [4.78, 5) is 15.8. The summed E-state index contributed by atoms with van der Waals surface area (Å²) in [5, 5.41) is 0. The van der Waals surface area contributed by atoms with E-state index in [1.54, 1.807) is 0 Å². The predicted octanol–water partition coefficient (Wildman–Crippen LogP) is 2.34. The molecule has 0 aromatic heterocycles. The minimum absolute atomic E-state index is 0.151. The van der Waals surface area contributed by atoms with Crippen molar-refractivity contribution in [3.05, 3.63) is 0 Å². The highest BCUT2D eigenvalue weighted by atomic mass is 16.6. The van der Waals surface area contributed by atoms with Gasteiger partial charge >= 0.3 is 6.09 Å². The molecular formula is C13H26N2O2. The van der Waals surface area contributed by atoms with Crippen molar-refractivity contribution < 1.29 is 9.53 Å². The van der Waals surface area contributed by atoms with Crippen LogP contribution in [-0.2, 0) is 4.74 Å². The lowest BCUT2D eigenvalue weighted by Gasteiger charge is -2.36. The third-order valence-corrected chi connectivity index (χ3v) is 3.48. The number of carbonyl (C=O) groups excluding carboxylic acids is 1. The standard InChI is InChI=1S/C13H26N2O2/c1-4-6-9-14(3)12-7-10-15(11-8-12)13(16)17-5-2/h12H,4-11H2,1-3H3. The molecule has 0 saturated carbocycles. The lowest BCUT2D eigenvalue weighted by Crippen LogP contribution is -2.45. The monoisotopic (exact) mass is 242 g/mol. The number of unbranched alkanes of at least 4 members (excludes halogenated alkanes) is 1. The predicted molar refractivity (Wildman–Crippen MR) is 69.2 cm³/mol. The maximum Gasteiger partial charge on any atom is 0.409 e. The molecule has 1 rings (SSSR count). The van der Waals surface area contributed by atoms with Gasteiger partial charge in [0.15, 0.2) is 0 Å². The first-order valence-electron chi connectivity index (χ1n) is 6.81. The van der Waals surface area contributed by atoms with Crippen molar-refractivity contribution in [2.75, 3.05) is 33.3 Å². The van der Waals surface area contributed by atoms with Crippen LogP contribution < -0.4 is 0 Å². The van der Waals surface area contributed by atoms with Gasteiger partial charge in [-0.05, 0) is 39.8 Å². The Hall–Kier alpha value is -0.770. The number of carbonyl (C=O) groups is 1. The van der Waals surface area contributed by atoms with Gasteiger partial charge in [-0.15, -0.1) is 0 Å². The second kappa shape index (κ2) is 7.54. The van der Waals surface area contributed by atoms with Crippen molar-refractivity contribution in [2.24, 2.45) is 0 Å². The Kier molecular flexibility index (Phi) is 6.34. The summed E-state index contributed by atoms with van der Waals surface area (Å²) in [5.41, 5.74) is 0. The normalized spacial score (nSPS) is 17.5. The second-order valence-corrected chi connectivity index (χ2v) is 4.75. The fraction of sp³-hybridized carbons (Fsp3) is 0.923.